The average molecular weight is 416 g/mol. The molecule has 4 nitrogen and oxygen atoms in total. The van der Waals surface area contributed by atoms with Gasteiger partial charge in [-0.05, 0) is 79.7 Å². The maximum Gasteiger partial charge on any atom is 0.237 e. The lowest BCUT2D eigenvalue weighted by Gasteiger charge is -2.14. The Hall–Kier alpha value is -2.02. The van der Waals surface area contributed by atoms with Crippen LogP contribution in [0.3, 0.4) is 0 Å². The summed E-state index contributed by atoms with van der Waals surface area (Å²) in [7, 11) is 0. The zero-order valence-electron chi connectivity index (χ0n) is 14.8. The van der Waals surface area contributed by atoms with Crippen molar-refractivity contribution >= 4 is 46.7 Å². The minimum atomic E-state index is -0.225. The molecule has 0 spiro atoms. The zero-order valence-corrected chi connectivity index (χ0v) is 17.2. The van der Waals surface area contributed by atoms with E-state index in [2.05, 4.69) is 15.3 Å². The molecule has 3 rings (SSSR count). The van der Waals surface area contributed by atoms with Crippen molar-refractivity contribution in [2.24, 2.45) is 0 Å². The molecule has 0 fully saturated rings. The molecule has 1 aromatic heterocycles. The number of carbonyl (C=O) groups is 1. The number of hydrogen-bond acceptors (Lipinski definition) is 5. The molecule has 1 atom stereocenters. The van der Waals surface area contributed by atoms with Crippen LogP contribution in [0.4, 0.5) is 5.69 Å². The highest BCUT2D eigenvalue weighted by Crippen LogP contribution is 2.29. The van der Waals surface area contributed by atoms with Gasteiger partial charge < -0.3 is 5.32 Å². The van der Waals surface area contributed by atoms with Crippen molar-refractivity contribution in [2.75, 3.05) is 5.32 Å². The van der Waals surface area contributed by atoms with Crippen LogP contribution < -0.4 is 5.32 Å². The van der Waals surface area contributed by atoms with Crippen LogP contribution in [0, 0.1) is 6.92 Å². The van der Waals surface area contributed by atoms with E-state index in [0.717, 1.165) is 21.0 Å². The summed E-state index contributed by atoms with van der Waals surface area (Å²) in [5.41, 5.74) is 1.80. The molecular formula is C20H18ClN3OS2. The number of amides is 1. The molecule has 0 bridgehead atoms. The van der Waals surface area contributed by atoms with Gasteiger partial charge in [-0.25, -0.2) is 9.97 Å². The van der Waals surface area contributed by atoms with Crippen LogP contribution in [0.15, 0.2) is 75.9 Å². The van der Waals surface area contributed by atoms with E-state index in [1.54, 1.807) is 18.5 Å². The van der Waals surface area contributed by atoms with Gasteiger partial charge in [-0.3, -0.25) is 4.79 Å². The number of benzene rings is 2. The first kappa shape index (κ1) is 19.7. The van der Waals surface area contributed by atoms with Crippen LogP contribution in [0.5, 0.6) is 0 Å². The van der Waals surface area contributed by atoms with Gasteiger partial charge in [0.15, 0.2) is 5.16 Å². The van der Waals surface area contributed by atoms with E-state index in [4.69, 9.17) is 11.6 Å². The Labute approximate surface area is 172 Å². The van der Waals surface area contributed by atoms with E-state index in [-0.39, 0.29) is 11.2 Å². The van der Waals surface area contributed by atoms with Gasteiger partial charge in [0.1, 0.15) is 0 Å². The minimum Gasteiger partial charge on any atom is -0.325 e. The fourth-order valence-electron chi connectivity index (χ4n) is 2.29. The number of aromatic nitrogens is 2. The van der Waals surface area contributed by atoms with Gasteiger partial charge in [-0.2, -0.15) is 0 Å². The molecular weight excluding hydrogens is 398 g/mol. The molecule has 0 aliphatic carbocycles. The molecule has 0 aliphatic rings. The Balaban J connectivity index is 1.62. The summed E-state index contributed by atoms with van der Waals surface area (Å²) in [4.78, 5) is 23.0. The van der Waals surface area contributed by atoms with Crippen LogP contribution in [0.25, 0.3) is 0 Å². The van der Waals surface area contributed by atoms with E-state index in [9.17, 15) is 4.79 Å². The fourth-order valence-corrected chi connectivity index (χ4v) is 4.09. The lowest BCUT2D eigenvalue weighted by Crippen LogP contribution is -2.22. The second-order valence-electron chi connectivity index (χ2n) is 5.81. The van der Waals surface area contributed by atoms with Crippen molar-refractivity contribution in [3.05, 3.63) is 71.5 Å². The minimum absolute atomic E-state index is 0.0372. The second kappa shape index (κ2) is 9.26. The normalized spacial score (nSPS) is 11.8. The van der Waals surface area contributed by atoms with Crippen molar-refractivity contribution in [3.63, 3.8) is 0 Å². The van der Waals surface area contributed by atoms with E-state index < -0.39 is 0 Å². The lowest BCUT2D eigenvalue weighted by molar-refractivity contribution is -0.115. The molecule has 3 aromatic rings. The topological polar surface area (TPSA) is 54.9 Å². The van der Waals surface area contributed by atoms with Gasteiger partial charge in [0.2, 0.25) is 5.91 Å². The highest BCUT2D eigenvalue weighted by molar-refractivity contribution is 8.00. The highest BCUT2D eigenvalue weighted by atomic mass is 35.5. The Morgan fingerprint density at radius 3 is 2.41 bits per heavy atom. The predicted molar refractivity (Wildman–Crippen MR) is 113 cm³/mol. The summed E-state index contributed by atoms with van der Waals surface area (Å²) in [6.45, 7) is 3.86. The van der Waals surface area contributed by atoms with Gasteiger partial charge in [-0.15, -0.1) is 11.8 Å². The predicted octanol–water partition coefficient (Wildman–Crippen LogP) is 5.71. The monoisotopic (exact) mass is 415 g/mol. The van der Waals surface area contributed by atoms with Gasteiger partial charge in [0, 0.05) is 32.9 Å². The number of nitrogens with zero attached hydrogens (tertiary/aromatic N) is 2. The number of rotatable bonds is 6. The number of anilines is 1. The summed E-state index contributed by atoms with van der Waals surface area (Å²) < 4.78 is 0. The molecule has 7 heteroatoms. The van der Waals surface area contributed by atoms with Crippen molar-refractivity contribution < 1.29 is 4.79 Å². The molecule has 0 aliphatic heterocycles. The first-order valence-corrected chi connectivity index (χ1v) is 10.4. The summed E-state index contributed by atoms with van der Waals surface area (Å²) in [6.07, 6.45) is 3.44. The molecule has 1 amide bonds. The number of nitrogens with one attached hydrogen (secondary N) is 1. The molecule has 1 N–H and O–H groups in total. The molecule has 0 saturated heterocycles. The number of thioether (sulfide) groups is 1. The number of halogens is 1. The maximum absolute atomic E-state index is 12.5. The summed E-state index contributed by atoms with van der Waals surface area (Å²) in [5.74, 6) is -0.0372. The Morgan fingerprint density at radius 1 is 1.07 bits per heavy atom. The molecule has 2 aromatic carbocycles. The largest absolute Gasteiger partial charge is 0.325 e. The number of hydrogen-bond donors (Lipinski definition) is 1. The Morgan fingerprint density at radius 2 is 1.74 bits per heavy atom. The van der Waals surface area contributed by atoms with Crippen LogP contribution in [0.2, 0.25) is 5.02 Å². The third-order valence-corrected chi connectivity index (χ3v) is 5.95. The van der Waals surface area contributed by atoms with Crippen molar-refractivity contribution in [2.45, 2.75) is 34.0 Å². The van der Waals surface area contributed by atoms with Gasteiger partial charge in [0.05, 0.1) is 5.25 Å². The fraction of sp³-hybridized carbons (Fsp3) is 0.150. The van der Waals surface area contributed by atoms with Gasteiger partial charge in [0.25, 0.3) is 0 Å². The Bertz CT molecular complexity index is 920. The third-order valence-electron chi connectivity index (χ3n) is 3.70. The van der Waals surface area contributed by atoms with Gasteiger partial charge >= 0.3 is 0 Å². The summed E-state index contributed by atoms with van der Waals surface area (Å²) >= 11 is 8.89. The lowest BCUT2D eigenvalue weighted by atomic mass is 10.2. The zero-order chi connectivity index (χ0) is 19.2. The van der Waals surface area contributed by atoms with Crippen molar-refractivity contribution in [3.8, 4) is 0 Å². The molecule has 0 radical (unpaired) electrons. The third kappa shape index (κ3) is 5.73. The average Bonchev–Trinajstić information content (AvgIpc) is 2.66. The van der Waals surface area contributed by atoms with Gasteiger partial charge in [-0.1, -0.05) is 11.6 Å². The van der Waals surface area contributed by atoms with Crippen LogP contribution >= 0.6 is 35.1 Å². The Kier molecular flexibility index (Phi) is 6.77. The molecule has 27 heavy (non-hydrogen) atoms. The number of aryl methyl sites for hydroxylation is 1. The van der Waals surface area contributed by atoms with E-state index in [1.165, 1.54) is 23.5 Å². The first-order chi connectivity index (χ1) is 13.0. The molecule has 1 heterocycles. The molecule has 138 valence electrons. The van der Waals surface area contributed by atoms with Crippen molar-refractivity contribution in [1.82, 2.24) is 9.97 Å². The smallest absolute Gasteiger partial charge is 0.237 e. The quantitative estimate of drug-likeness (QED) is 0.412. The second-order valence-corrected chi connectivity index (χ2v) is 8.70. The first-order valence-electron chi connectivity index (χ1n) is 8.30. The highest BCUT2D eigenvalue weighted by Gasteiger charge is 2.15. The molecule has 0 saturated carbocycles. The van der Waals surface area contributed by atoms with Crippen LogP contribution in [-0.2, 0) is 4.79 Å². The van der Waals surface area contributed by atoms with E-state index in [0.29, 0.717) is 10.2 Å². The van der Waals surface area contributed by atoms with E-state index >= 15 is 0 Å². The van der Waals surface area contributed by atoms with Crippen LogP contribution in [0.1, 0.15) is 12.5 Å². The maximum atomic E-state index is 12.5. The standard InChI is InChI=1S/C20H18ClN3OS2/c1-13-12-17(27-20-22-10-3-11-23-20)8-9-18(13)24-19(25)14(2)26-16-6-4-15(21)5-7-16/h3-12,14H,1-2H3,(H,24,25). The van der Waals surface area contributed by atoms with Crippen LogP contribution in [-0.4, -0.2) is 21.1 Å². The SMILES string of the molecule is Cc1cc(Sc2ncccn2)ccc1NC(=O)C(C)Sc1ccc(Cl)cc1. The summed E-state index contributed by atoms with van der Waals surface area (Å²) in [6, 6.07) is 15.2. The van der Waals surface area contributed by atoms with Crippen molar-refractivity contribution in [1.29, 1.82) is 0 Å². The number of carbonyl (C=O) groups excluding carboxylic acids is 1. The van der Waals surface area contributed by atoms with E-state index in [1.807, 2.05) is 56.3 Å². The summed E-state index contributed by atoms with van der Waals surface area (Å²) in [5, 5.41) is 4.16. The molecule has 1 unspecified atom stereocenters.